The number of ether oxygens (including phenoxy) is 3. The van der Waals surface area contributed by atoms with Gasteiger partial charge >= 0.3 is 17.9 Å². The Hall–Kier alpha value is -1.59. The highest BCUT2D eigenvalue weighted by Gasteiger charge is 2.19. The predicted molar refractivity (Wildman–Crippen MR) is 256 cm³/mol. The van der Waals surface area contributed by atoms with Crippen molar-refractivity contribution in [3.05, 3.63) is 0 Å². The van der Waals surface area contributed by atoms with E-state index < -0.39 is 6.10 Å². The predicted octanol–water partition coefficient (Wildman–Crippen LogP) is 17.3. The Labute approximate surface area is 374 Å². The lowest BCUT2D eigenvalue weighted by Gasteiger charge is -2.18. The molecule has 0 aliphatic carbocycles. The molecule has 0 radical (unpaired) electrons. The summed E-state index contributed by atoms with van der Waals surface area (Å²) in [5.74, 6) is 0.828. The molecular formula is C54H104O6. The average Bonchev–Trinajstić information content (AvgIpc) is 3.23. The fourth-order valence-electron chi connectivity index (χ4n) is 8.13. The Bertz CT molecular complexity index is 918. The third-order valence-corrected chi connectivity index (χ3v) is 12.6. The van der Waals surface area contributed by atoms with E-state index >= 15 is 0 Å². The van der Waals surface area contributed by atoms with Crippen molar-refractivity contribution in [2.24, 2.45) is 11.8 Å². The standard InChI is InChI=1S/C54H104O6/c1-6-8-9-10-11-12-13-14-15-16-17-20-24-31-36-41-46-54(57)60-51(48-59-53(56)45-40-35-30-26-25-28-33-38-43-50(5)7-2)47-58-52(55)44-39-34-29-23-21-18-19-22-27-32-37-42-49(3)4/h49-51H,6-48H2,1-5H3/t50?,51-/m0/s1. The first-order chi connectivity index (χ1) is 29.3. The van der Waals surface area contributed by atoms with Crippen molar-refractivity contribution in [2.45, 2.75) is 304 Å². The molecule has 0 aromatic heterocycles. The van der Waals surface area contributed by atoms with Crippen LogP contribution in [0.25, 0.3) is 0 Å². The lowest BCUT2D eigenvalue weighted by Crippen LogP contribution is -2.30. The van der Waals surface area contributed by atoms with Gasteiger partial charge in [0, 0.05) is 19.3 Å². The van der Waals surface area contributed by atoms with Crippen molar-refractivity contribution in [1.29, 1.82) is 0 Å². The molecule has 356 valence electrons. The van der Waals surface area contributed by atoms with E-state index in [4.69, 9.17) is 14.2 Å². The minimum atomic E-state index is -0.762. The third kappa shape index (κ3) is 45.9. The van der Waals surface area contributed by atoms with Crippen LogP contribution in [0.4, 0.5) is 0 Å². The maximum absolute atomic E-state index is 12.8. The molecule has 0 fully saturated rings. The second kappa shape index (κ2) is 46.9. The maximum atomic E-state index is 12.8. The highest BCUT2D eigenvalue weighted by atomic mass is 16.6. The summed E-state index contributed by atoms with van der Waals surface area (Å²) in [7, 11) is 0. The summed E-state index contributed by atoms with van der Waals surface area (Å²) >= 11 is 0. The molecular weight excluding hydrogens is 745 g/mol. The van der Waals surface area contributed by atoms with Gasteiger partial charge in [0.25, 0.3) is 0 Å². The van der Waals surface area contributed by atoms with E-state index in [-0.39, 0.29) is 31.1 Å². The fourth-order valence-corrected chi connectivity index (χ4v) is 8.13. The van der Waals surface area contributed by atoms with Crippen LogP contribution in [0.2, 0.25) is 0 Å². The lowest BCUT2D eigenvalue weighted by atomic mass is 9.99. The van der Waals surface area contributed by atoms with Crippen LogP contribution in [0, 0.1) is 11.8 Å². The van der Waals surface area contributed by atoms with Gasteiger partial charge in [-0.3, -0.25) is 14.4 Å². The fraction of sp³-hybridized carbons (Fsp3) is 0.944. The molecule has 6 nitrogen and oxygen atoms in total. The largest absolute Gasteiger partial charge is 0.462 e. The Balaban J connectivity index is 4.32. The summed E-state index contributed by atoms with van der Waals surface area (Å²) in [5, 5.41) is 0. The molecule has 0 heterocycles. The first-order valence-corrected chi connectivity index (χ1v) is 26.8. The Morgan fingerprint density at radius 1 is 0.350 bits per heavy atom. The van der Waals surface area contributed by atoms with Gasteiger partial charge in [-0.2, -0.15) is 0 Å². The second-order valence-electron chi connectivity index (χ2n) is 19.2. The van der Waals surface area contributed by atoms with E-state index in [9.17, 15) is 14.4 Å². The van der Waals surface area contributed by atoms with Gasteiger partial charge < -0.3 is 14.2 Å². The first-order valence-electron chi connectivity index (χ1n) is 26.8. The van der Waals surface area contributed by atoms with Gasteiger partial charge in [-0.05, 0) is 31.1 Å². The van der Waals surface area contributed by atoms with Crippen molar-refractivity contribution < 1.29 is 28.6 Å². The minimum absolute atomic E-state index is 0.0639. The molecule has 0 spiro atoms. The molecule has 0 saturated heterocycles. The van der Waals surface area contributed by atoms with E-state index in [1.54, 1.807) is 0 Å². The summed E-state index contributed by atoms with van der Waals surface area (Å²) in [5.41, 5.74) is 0. The number of unbranched alkanes of at least 4 members (excludes halogenated alkanes) is 32. The maximum Gasteiger partial charge on any atom is 0.306 e. The molecule has 0 rings (SSSR count). The van der Waals surface area contributed by atoms with Gasteiger partial charge in [-0.25, -0.2) is 0 Å². The van der Waals surface area contributed by atoms with Crippen molar-refractivity contribution in [3.8, 4) is 0 Å². The molecule has 0 amide bonds. The molecule has 2 atom stereocenters. The molecule has 0 aromatic rings. The van der Waals surface area contributed by atoms with Crippen LogP contribution >= 0.6 is 0 Å². The van der Waals surface area contributed by atoms with Gasteiger partial charge in [0.1, 0.15) is 13.2 Å². The van der Waals surface area contributed by atoms with Crippen LogP contribution in [0.5, 0.6) is 0 Å². The molecule has 0 aliphatic rings. The zero-order valence-electron chi connectivity index (χ0n) is 41.1. The summed E-state index contributed by atoms with van der Waals surface area (Å²) in [4.78, 5) is 38.0. The number of hydrogen-bond donors (Lipinski definition) is 0. The number of carbonyl (C=O) groups is 3. The molecule has 0 aliphatic heterocycles. The molecule has 0 saturated carbocycles. The molecule has 0 N–H and O–H groups in total. The highest BCUT2D eigenvalue weighted by Crippen LogP contribution is 2.18. The van der Waals surface area contributed by atoms with Crippen LogP contribution in [-0.4, -0.2) is 37.2 Å². The quantitative estimate of drug-likeness (QED) is 0.0345. The van der Waals surface area contributed by atoms with E-state index in [1.165, 1.54) is 186 Å². The number of rotatable bonds is 48. The first kappa shape index (κ1) is 58.4. The Morgan fingerprint density at radius 2 is 0.633 bits per heavy atom. The van der Waals surface area contributed by atoms with E-state index in [2.05, 4.69) is 34.6 Å². The summed E-state index contributed by atoms with van der Waals surface area (Å²) in [6, 6.07) is 0. The molecule has 1 unspecified atom stereocenters. The minimum Gasteiger partial charge on any atom is -0.462 e. The van der Waals surface area contributed by atoms with Gasteiger partial charge in [0.2, 0.25) is 0 Å². The van der Waals surface area contributed by atoms with Crippen LogP contribution in [0.1, 0.15) is 298 Å². The SMILES string of the molecule is CCCCCCCCCCCCCCCCCCC(=O)O[C@@H](COC(=O)CCCCCCCCCCCCCC(C)C)COC(=O)CCCCCCCCCCC(C)CC. The molecule has 0 bridgehead atoms. The van der Waals surface area contributed by atoms with E-state index in [0.29, 0.717) is 19.3 Å². The van der Waals surface area contributed by atoms with Crippen LogP contribution in [0.15, 0.2) is 0 Å². The topological polar surface area (TPSA) is 78.9 Å². The van der Waals surface area contributed by atoms with Crippen LogP contribution in [0.3, 0.4) is 0 Å². The van der Waals surface area contributed by atoms with Crippen molar-refractivity contribution in [1.82, 2.24) is 0 Å². The van der Waals surface area contributed by atoms with Gasteiger partial charge in [0.05, 0.1) is 0 Å². The Morgan fingerprint density at radius 3 is 0.950 bits per heavy atom. The summed E-state index contributed by atoms with van der Waals surface area (Å²) < 4.78 is 16.8. The number of hydrogen-bond acceptors (Lipinski definition) is 6. The molecule has 0 aromatic carbocycles. The normalized spacial score (nSPS) is 12.5. The second-order valence-corrected chi connectivity index (χ2v) is 19.2. The van der Waals surface area contributed by atoms with E-state index in [0.717, 1.165) is 69.6 Å². The number of carbonyl (C=O) groups excluding carboxylic acids is 3. The van der Waals surface area contributed by atoms with Gasteiger partial charge in [-0.15, -0.1) is 0 Å². The summed E-state index contributed by atoms with van der Waals surface area (Å²) in [6.07, 6.45) is 48.0. The van der Waals surface area contributed by atoms with Crippen molar-refractivity contribution in [3.63, 3.8) is 0 Å². The monoisotopic (exact) mass is 849 g/mol. The third-order valence-electron chi connectivity index (χ3n) is 12.6. The van der Waals surface area contributed by atoms with Crippen molar-refractivity contribution in [2.75, 3.05) is 13.2 Å². The molecule has 60 heavy (non-hydrogen) atoms. The van der Waals surface area contributed by atoms with Crippen molar-refractivity contribution >= 4 is 17.9 Å². The molecule has 6 heteroatoms. The van der Waals surface area contributed by atoms with Crippen LogP contribution in [-0.2, 0) is 28.6 Å². The van der Waals surface area contributed by atoms with E-state index in [1.807, 2.05) is 0 Å². The number of esters is 3. The summed E-state index contributed by atoms with van der Waals surface area (Å²) in [6.45, 7) is 11.4. The highest BCUT2D eigenvalue weighted by molar-refractivity contribution is 5.71. The Kier molecular flexibility index (Phi) is 45.7. The van der Waals surface area contributed by atoms with Gasteiger partial charge in [0.15, 0.2) is 6.10 Å². The van der Waals surface area contributed by atoms with Crippen LogP contribution < -0.4 is 0 Å². The zero-order chi connectivity index (χ0) is 44.0. The lowest BCUT2D eigenvalue weighted by molar-refractivity contribution is -0.167. The smallest absolute Gasteiger partial charge is 0.306 e. The average molecular weight is 849 g/mol. The van der Waals surface area contributed by atoms with Gasteiger partial charge in [-0.1, -0.05) is 259 Å². The zero-order valence-corrected chi connectivity index (χ0v) is 41.1.